The smallest absolute Gasteiger partial charge is 0.157 e. The third kappa shape index (κ3) is 2.23. The lowest BCUT2D eigenvalue weighted by Crippen LogP contribution is -2.10. The summed E-state index contributed by atoms with van der Waals surface area (Å²) >= 11 is 5.42. The van der Waals surface area contributed by atoms with Gasteiger partial charge in [-0.1, -0.05) is 66.8 Å². The summed E-state index contributed by atoms with van der Waals surface area (Å²) in [6.07, 6.45) is 3.81. The summed E-state index contributed by atoms with van der Waals surface area (Å²) in [6, 6.07) is 19.2. The van der Waals surface area contributed by atoms with Gasteiger partial charge in [0.15, 0.2) is 4.64 Å². The van der Waals surface area contributed by atoms with Crippen molar-refractivity contribution in [2.75, 3.05) is 0 Å². The molecule has 2 aromatic heterocycles. The second kappa shape index (κ2) is 5.63. The molecule has 0 spiro atoms. The molecule has 4 nitrogen and oxygen atoms in total. The van der Waals surface area contributed by atoms with Gasteiger partial charge in [0, 0.05) is 5.56 Å². The van der Waals surface area contributed by atoms with Crippen LogP contribution in [0, 0.1) is 4.64 Å². The van der Waals surface area contributed by atoms with E-state index in [1.807, 2.05) is 18.2 Å². The SMILES string of the molecule is S=c1nc[nH]c2c1nc(-c1ccccc1)n2C1CCc2ccccc21. The summed E-state index contributed by atoms with van der Waals surface area (Å²) in [5.74, 6) is 0.938. The lowest BCUT2D eigenvalue weighted by Gasteiger charge is -2.18. The fourth-order valence-electron chi connectivity index (χ4n) is 3.83. The van der Waals surface area contributed by atoms with Crippen LogP contribution in [0.2, 0.25) is 0 Å². The third-order valence-electron chi connectivity index (χ3n) is 4.94. The highest BCUT2D eigenvalue weighted by molar-refractivity contribution is 7.71. The first-order valence-electron chi connectivity index (χ1n) is 8.42. The Balaban J connectivity index is 1.83. The fourth-order valence-corrected chi connectivity index (χ4v) is 4.03. The van der Waals surface area contributed by atoms with Crippen molar-refractivity contribution in [3.63, 3.8) is 0 Å². The van der Waals surface area contributed by atoms with E-state index in [9.17, 15) is 0 Å². The predicted octanol–water partition coefficient (Wildman–Crippen LogP) is 4.69. The number of rotatable bonds is 2. The van der Waals surface area contributed by atoms with Gasteiger partial charge in [-0.15, -0.1) is 0 Å². The van der Waals surface area contributed by atoms with Crippen molar-refractivity contribution >= 4 is 23.4 Å². The van der Waals surface area contributed by atoms with Crippen LogP contribution in [-0.4, -0.2) is 19.5 Å². The largest absolute Gasteiger partial charge is 0.330 e. The summed E-state index contributed by atoms with van der Waals surface area (Å²) in [6.45, 7) is 0. The molecule has 5 heteroatoms. The van der Waals surface area contributed by atoms with Gasteiger partial charge in [-0.25, -0.2) is 9.97 Å². The van der Waals surface area contributed by atoms with E-state index in [-0.39, 0.29) is 6.04 Å². The van der Waals surface area contributed by atoms with Crippen LogP contribution < -0.4 is 0 Å². The lowest BCUT2D eigenvalue weighted by atomic mass is 10.1. The molecule has 1 N–H and O–H groups in total. The van der Waals surface area contributed by atoms with Crippen LogP contribution in [0.5, 0.6) is 0 Å². The van der Waals surface area contributed by atoms with Crippen molar-refractivity contribution in [2.24, 2.45) is 0 Å². The van der Waals surface area contributed by atoms with E-state index in [2.05, 4.69) is 50.9 Å². The molecule has 5 rings (SSSR count). The molecule has 4 aromatic rings. The molecule has 1 aliphatic rings. The van der Waals surface area contributed by atoms with Gasteiger partial charge in [-0.05, 0) is 24.0 Å². The number of aryl methyl sites for hydroxylation is 1. The molecule has 2 heterocycles. The van der Waals surface area contributed by atoms with Gasteiger partial charge in [-0.2, -0.15) is 0 Å². The molecule has 0 aliphatic heterocycles. The van der Waals surface area contributed by atoms with Crippen LogP contribution in [0.15, 0.2) is 60.9 Å². The van der Waals surface area contributed by atoms with Gasteiger partial charge < -0.3 is 9.55 Å². The molecule has 1 unspecified atom stereocenters. The summed E-state index contributed by atoms with van der Waals surface area (Å²) in [5.41, 5.74) is 5.59. The Labute approximate surface area is 150 Å². The summed E-state index contributed by atoms with van der Waals surface area (Å²) in [5, 5.41) is 0. The Morgan fingerprint density at radius 1 is 1.04 bits per heavy atom. The van der Waals surface area contributed by atoms with Crippen molar-refractivity contribution in [3.8, 4) is 11.4 Å². The third-order valence-corrected chi connectivity index (χ3v) is 5.24. The fraction of sp³-hybridized carbons (Fsp3) is 0.150. The zero-order valence-electron chi connectivity index (χ0n) is 13.5. The van der Waals surface area contributed by atoms with Crippen LogP contribution in [0.4, 0.5) is 0 Å². The Morgan fingerprint density at radius 2 is 1.84 bits per heavy atom. The number of benzene rings is 2. The Morgan fingerprint density at radius 3 is 2.72 bits per heavy atom. The van der Waals surface area contributed by atoms with E-state index in [0.717, 1.165) is 35.4 Å². The summed E-state index contributed by atoms with van der Waals surface area (Å²) < 4.78 is 2.84. The Bertz CT molecular complexity index is 1130. The van der Waals surface area contributed by atoms with Gasteiger partial charge in [-0.3, -0.25) is 0 Å². The first kappa shape index (κ1) is 14.5. The second-order valence-electron chi connectivity index (χ2n) is 6.33. The van der Waals surface area contributed by atoms with E-state index in [0.29, 0.717) is 4.64 Å². The van der Waals surface area contributed by atoms with Crippen LogP contribution in [0.25, 0.3) is 22.6 Å². The van der Waals surface area contributed by atoms with Gasteiger partial charge in [0.2, 0.25) is 0 Å². The molecule has 0 saturated carbocycles. The molecule has 0 radical (unpaired) electrons. The average molecular weight is 344 g/mol. The Hall–Kier alpha value is -2.79. The first-order valence-corrected chi connectivity index (χ1v) is 8.82. The highest BCUT2D eigenvalue weighted by atomic mass is 32.1. The number of nitrogens with one attached hydrogen (secondary N) is 1. The van der Waals surface area contributed by atoms with E-state index in [4.69, 9.17) is 17.2 Å². The number of imidazole rings is 1. The van der Waals surface area contributed by atoms with Crippen LogP contribution in [-0.2, 0) is 6.42 Å². The minimum Gasteiger partial charge on any atom is -0.330 e. The van der Waals surface area contributed by atoms with Crippen LogP contribution >= 0.6 is 12.2 Å². The maximum atomic E-state index is 5.42. The van der Waals surface area contributed by atoms with Crippen molar-refractivity contribution in [3.05, 3.63) is 76.7 Å². The lowest BCUT2D eigenvalue weighted by molar-refractivity contribution is 0.596. The van der Waals surface area contributed by atoms with Gasteiger partial charge in [0.1, 0.15) is 17.0 Å². The maximum absolute atomic E-state index is 5.42. The molecule has 122 valence electrons. The molecule has 1 atom stereocenters. The summed E-state index contributed by atoms with van der Waals surface area (Å²) in [4.78, 5) is 12.4. The second-order valence-corrected chi connectivity index (χ2v) is 6.72. The molecule has 1 aliphatic carbocycles. The molecule has 0 fully saturated rings. The number of hydrogen-bond donors (Lipinski definition) is 1. The molecular weight excluding hydrogens is 328 g/mol. The van der Waals surface area contributed by atoms with Crippen molar-refractivity contribution in [2.45, 2.75) is 18.9 Å². The standard InChI is InChI=1S/C20H16N4S/c25-20-17-19(21-12-22-20)24(18(23-17)14-7-2-1-3-8-14)16-11-10-13-6-4-5-9-15(13)16/h1-9,12,16H,10-11H2,(H,21,22,25). The van der Waals surface area contributed by atoms with E-state index in [1.165, 1.54) is 11.1 Å². The average Bonchev–Trinajstić information content (AvgIpc) is 3.24. The van der Waals surface area contributed by atoms with E-state index < -0.39 is 0 Å². The van der Waals surface area contributed by atoms with Crippen LogP contribution in [0.3, 0.4) is 0 Å². The van der Waals surface area contributed by atoms with Crippen molar-refractivity contribution in [1.29, 1.82) is 0 Å². The molecular formula is C20H16N4S. The van der Waals surface area contributed by atoms with E-state index in [1.54, 1.807) is 6.33 Å². The summed E-state index contributed by atoms with van der Waals surface area (Å²) in [7, 11) is 0. The maximum Gasteiger partial charge on any atom is 0.157 e. The van der Waals surface area contributed by atoms with Gasteiger partial charge in [0.25, 0.3) is 0 Å². The van der Waals surface area contributed by atoms with Gasteiger partial charge >= 0.3 is 0 Å². The highest BCUT2D eigenvalue weighted by Crippen LogP contribution is 2.38. The predicted molar refractivity (Wildman–Crippen MR) is 101 cm³/mol. The first-order chi connectivity index (χ1) is 12.3. The Kier molecular flexibility index (Phi) is 3.28. The van der Waals surface area contributed by atoms with Gasteiger partial charge in [0.05, 0.1) is 12.4 Å². The zero-order chi connectivity index (χ0) is 16.8. The molecule has 0 saturated heterocycles. The molecule has 0 amide bonds. The minimum absolute atomic E-state index is 0.254. The number of aromatic nitrogens is 4. The molecule has 0 bridgehead atoms. The molecule has 2 aromatic carbocycles. The number of aromatic amines is 1. The monoisotopic (exact) mass is 344 g/mol. The quantitative estimate of drug-likeness (QED) is 0.537. The topological polar surface area (TPSA) is 46.5 Å². The zero-order valence-corrected chi connectivity index (χ0v) is 14.3. The normalized spacial score (nSPS) is 16.2. The van der Waals surface area contributed by atoms with Crippen molar-refractivity contribution in [1.82, 2.24) is 19.5 Å². The number of H-pyrrole nitrogens is 1. The van der Waals surface area contributed by atoms with E-state index >= 15 is 0 Å². The highest BCUT2D eigenvalue weighted by Gasteiger charge is 2.28. The van der Waals surface area contributed by atoms with Crippen LogP contribution in [0.1, 0.15) is 23.6 Å². The minimum atomic E-state index is 0.254. The van der Waals surface area contributed by atoms with Crippen molar-refractivity contribution < 1.29 is 0 Å². The number of fused-ring (bicyclic) bond motifs is 2. The number of nitrogens with zero attached hydrogens (tertiary/aromatic N) is 3. The molecule has 25 heavy (non-hydrogen) atoms. The number of hydrogen-bond acceptors (Lipinski definition) is 3.